The van der Waals surface area contributed by atoms with Crippen molar-refractivity contribution in [2.45, 2.75) is 23.7 Å². The van der Waals surface area contributed by atoms with Crippen molar-refractivity contribution >= 4 is 5.57 Å². The SMILES string of the molecule is C1=CC2c3ccccc3C3(c4ccccc4Oc4c(-c5ccc(-c6nc(C7=CCC8C(=C7)Oc7ccccc78)nc(-c7ccccc7)n6)cc5)cccc43)C2C=C1. The largest absolute Gasteiger partial charge is 0.461 e. The summed E-state index contributed by atoms with van der Waals surface area (Å²) in [6.45, 7) is 0. The minimum atomic E-state index is -0.396. The smallest absolute Gasteiger partial charge is 0.164 e. The zero-order chi connectivity index (χ0) is 37.5. The summed E-state index contributed by atoms with van der Waals surface area (Å²) in [4.78, 5) is 15.1. The normalized spacial score (nSPS) is 21.5. The summed E-state index contributed by atoms with van der Waals surface area (Å²) in [5, 5.41) is 0. The van der Waals surface area contributed by atoms with Gasteiger partial charge in [0, 0.05) is 56.7 Å². The molecular formula is C52H35N3O2. The molecule has 0 radical (unpaired) electrons. The van der Waals surface area contributed by atoms with Crippen molar-refractivity contribution in [2.24, 2.45) is 5.92 Å². The highest BCUT2D eigenvalue weighted by Crippen LogP contribution is 2.65. The molecule has 5 aliphatic rings. The van der Waals surface area contributed by atoms with E-state index in [0.717, 1.165) is 57.3 Å². The van der Waals surface area contributed by atoms with Crippen LogP contribution in [-0.4, -0.2) is 15.0 Å². The number of fused-ring (bicyclic) bond motifs is 12. The highest BCUT2D eigenvalue weighted by molar-refractivity contribution is 5.81. The standard InChI is InChI=1S/C52H35N3O2/c1-2-13-33(14-3-1)49-53-50(55-51(54-49)35-29-30-40-39-17-6-10-23-45(39)56-47(40)31-35)34-27-25-32(26-28-34)36-18-12-22-44-48(36)57-46-24-11-9-21-43(46)52(44)41-19-7-4-15-37(41)38-16-5-8-20-42(38)52/h1-29,31,37,40-41H,30H2. The number of nitrogens with zero attached hydrogens (tertiary/aromatic N) is 3. The van der Waals surface area contributed by atoms with Gasteiger partial charge in [0.15, 0.2) is 17.5 Å². The van der Waals surface area contributed by atoms with Gasteiger partial charge in [-0.25, -0.2) is 15.0 Å². The van der Waals surface area contributed by atoms with Crippen LogP contribution in [0.2, 0.25) is 0 Å². The van der Waals surface area contributed by atoms with Crippen LogP contribution < -0.4 is 9.47 Å². The maximum absolute atomic E-state index is 6.96. The third-order valence-electron chi connectivity index (χ3n) is 12.5. The fraction of sp³-hybridized carbons (Fsp3) is 0.0962. The number of hydrogen-bond donors (Lipinski definition) is 0. The summed E-state index contributed by atoms with van der Waals surface area (Å²) >= 11 is 0. The molecule has 12 rings (SSSR count). The number of para-hydroxylation sites is 3. The predicted molar refractivity (Wildman–Crippen MR) is 224 cm³/mol. The molecule has 0 N–H and O–H groups in total. The molecule has 7 aromatic rings. The van der Waals surface area contributed by atoms with Crippen molar-refractivity contribution in [1.82, 2.24) is 15.0 Å². The van der Waals surface area contributed by atoms with Crippen molar-refractivity contribution in [1.29, 1.82) is 0 Å². The summed E-state index contributed by atoms with van der Waals surface area (Å²) in [7, 11) is 0. The lowest BCUT2D eigenvalue weighted by atomic mass is 9.61. The van der Waals surface area contributed by atoms with E-state index < -0.39 is 5.41 Å². The van der Waals surface area contributed by atoms with Crippen molar-refractivity contribution in [2.75, 3.05) is 0 Å². The van der Waals surface area contributed by atoms with Gasteiger partial charge in [-0.1, -0.05) is 164 Å². The first kappa shape index (κ1) is 32.2. The summed E-state index contributed by atoms with van der Waals surface area (Å²) in [6, 6.07) is 51.2. The van der Waals surface area contributed by atoms with Gasteiger partial charge in [-0.05, 0) is 41.3 Å². The molecule has 4 unspecified atom stereocenters. The van der Waals surface area contributed by atoms with Crippen LogP contribution in [0.1, 0.15) is 51.9 Å². The van der Waals surface area contributed by atoms with Crippen LogP contribution in [0.5, 0.6) is 17.2 Å². The molecule has 57 heavy (non-hydrogen) atoms. The van der Waals surface area contributed by atoms with Gasteiger partial charge >= 0.3 is 0 Å². The summed E-state index contributed by atoms with van der Waals surface area (Å²) in [5.41, 5.74) is 10.9. The monoisotopic (exact) mass is 733 g/mol. The van der Waals surface area contributed by atoms with Gasteiger partial charge in [-0.15, -0.1) is 0 Å². The zero-order valence-corrected chi connectivity index (χ0v) is 30.9. The van der Waals surface area contributed by atoms with E-state index in [4.69, 9.17) is 24.4 Å². The van der Waals surface area contributed by atoms with E-state index >= 15 is 0 Å². The Morgan fingerprint density at radius 3 is 2.00 bits per heavy atom. The second-order valence-electron chi connectivity index (χ2n) is 15.4. The second-order valence-corrected chi connectivity index (χ2v) is 15.4. The van der Waals surface area contributed by atoms with E-state index in [0.29, 0.717) is 17.5 Å². The zero-order valence-electron chi connectivity index (χ0n) is 30.9. The van der Waals surface area contributed by atoms with Crippen LogP contribution in [-0.2, 0) is 5.41 Å². The molecule has 3 heterocycles. The Labute approximate surface area is 331 Å². The third-order valence-corrected chi connectivity index (χ3v) is 12.5. The Morgan fingerprint density at radius 1 is 0.509 bits per heavy atom. The predicted octanol–water partition coefficient (Wildman–Crippen LogP) is 12.0. The second kappa shape index (κ2) is 12.5. The lowest BCUT2D eigenvalue weighted by Crippen LogP contribution is -2.37. The molecule has 0 fully saturated rings. The summed E-state index contributed by atoms with van der Waals surface area (Å²) in [6.07, 6.45) is 14.3. The lowest BCUT2D eigenvalue weighted by Gasteiger charge is -2.43. The maximum atomic E-state index is 6.96. The van der Waals surface area contributed by atoms with Gasteiger partial charge in [-0.3, -0.25) is 0 Å². The lowest BCUT2D eigenvalue weighted by molar-refractivity contribution is 0.375. The molecule has 2 aliphatic heterocycles. The number of allylic oxidation sites excluding steroid dienone is 8. The quantitative estimate of drug-likeness (QED) is 0.180. The minimum Gasteiger partial charge on any atom is -0.461 e. The van der Waals surface area contributed by atoms with Crippen LogP contribution in [0.4, 0.5) is 0 Å². The fourth-order valence-corrected chi connectivity index (χ4v) is 9.96. The first-order chi connectivity index (χ1) is 28.2. The van der Waals surface area contributed by atoms with Gasteiger partial charge in [0.25, 0.3) is 0 Å². The van der Waals surface area contributed by atoms with Gasteiger partial charge in [0.1, 0.15) is 23.0 Å². The molecule has 0 saturated heterocycles. The van der Waals surface area contributed by atoms with E-state index in [-0.39, 0.29) is 17.8 Å². The molecule has 0 saturated carbocycles. The summed E-state index contributed by atoms with van der Waals surface area (Å²) < 4.78 is 13.3. The van der Waals surface area contributed by atoms with Crippen LogP contribution in [0.3, 0.4) is 0 Å². The average molecular weight is 734 g/mol. The highest BCUT2D eigenvalue weighted by atomic mass is 16.5. The van der Waals surface area contributed by atoms with Crippen LogP contribution in [0, 0.1) is 5.92 Å². The van der Waals surface area contributed by atoms with Crippen molar-refractivity contribution in [3.05, 3.63) is 221 Å². The number of aromatic nitrogens is 3. The Hall–Kier alpha value is -7.11. The Morgan fingerprint density at radius 2 is 1.16 bits per heavy atom. The van der Waals surface area contributed by atoms with E-state index in [1.165, 1.54) is 27.8 Å². The average Bonchev–Trinajstić information content (AvgIpc) is 3.80. The van der Waals surface area contributed by atoms with E-state index in [9.17, 15) is 0 Å². The molecule has 5 nitrogen and oxygen atoms in total. The van der Waals surface area contributed by atoms with E-state index in [1.807, 2.05) is 42.5 Å². The van der Waals surface area contributed by atoms with Gasteiger partial charge < -0.3 is 9.47 Å². The molecule has 5 heteroatoms. The number of rotatable bonds is 4. The molecule has 1 spiro atoms. The molecule has 0 bridgehead atoms. The van der Waals surface area contributed by atoms with Crippen LogP contribution in [0.15, 0.2) is 188 Å². The van der Waals surface area contributed by atoms with Crippen LogP contribution >= 0.6 is 0 Å². The first-order valence-corrected chi connectivity index (χ1v) is 19.7. The van der Waals surface area contributed by atoms with Crippen molar-refractivity contribution in [3.63, 3.8) is 0 Å². The van der Waals surface area contributed by atoms with Gasteiger partial charge in [0.2, 0.25) is 0 Å². The van der Waals surface area contributed by atoms with E-state index in [2.05, 4.69) is 140 Å². The first-order valence-electron chi connectivity index (χ1n) is 19.7. The fourth-order valence-electron chi connectivity index (χ4n) is 9.96. The Balaban J connectivity index is 0.958. The number of ether oxygens (including phenoxy) is 2. The maximum Gasteiger partial charge on any atom is 0.164 e. The van der Waals surface area contributed by atoms with Crippen LogP contribution in [0.25, 0.3) is 39.5 Å². The molecule has 3 aliphatic carbocycles. The molecule has 270 valence electrons. The molecule has 0 amide bonds. The topological polar surface area (TPSA) is 57.1 Å². The Bertz CT molecular complexity index is 2910. The molecular weight excluding hydrogens is 699 g/mol. The Kier molecular flexibility index (Phi) is 7.03. The molecule has 6 aromatic carbocycles. The van der Waals surface area contributed by atoms with Gasteiger partial charge in [0.05, 0.1) is 5.41 Å². The minimum absolute atomic E-state index is 0.212. The number of benzene rings is 6. The van der Waals surface area contributed by atoms with Crippen molar-refractivity contribution < 1.29 is 9.47 Å². The highest BCUT2D eigenvalue weighted by Gasteiger charge is 2.56. The van der Waals surface area contributed by atoms with Crippen molar-refractivity contribution in [3.8, 4) is 51.2 Å². The third kappa shape index (κ3) is 4.78. The van der Waals surface area contributed by atoms with Gasteiger partial charge in [-0.2, -0.15) is 0 Å². The number of hydrogen-bond acceptors (Lipinski definition) is 5. The summed E-state index contributed by atoms with van der Waals surface area (Å²) in [5.74, 6) is 6.26. The molecule has 4 atom stereocenters. The molecule has 1 aromatic heterocycles. The van der Waals surface area contributed by atoms with E-state index in [1.54, 1.807) is 0 Å².